The molecule has 2 heterocycles. The Kier molecular flexibility index (Phi) is 10.4. The Hall–Kier alpha value is -0.900. The first-order chi connectivity index (χ1) is 12.9. The van der Waals surface area contributed by atoms with Gasteiger partial charge in [0.15, 0.2) is 5.96 Å². The predicted octanol–water partition coefficient (Wildman–Crippen LogP) is 2.67. The molecular weight excluding hydrogens is 457 g/mol. The molecule has 2 fully saturated rings. The van der Waals surface area contributed by atoms with Gasteiger partial charge in [-0.15, -0.1) is 24.0 Å². The molecule has 1 aromatic carbocycles. The van der Waals surface area contributed by atoms with E-state index in [9.17, 15) is 0 Å². The zero-order valence-corrected chi connectivity index (χ0v) is 18.5. The van der Waals surface area contributed by atoms with E-state index in [0.29, 0.717) is 19.8 Å². The van der Waals surface area contributed by atoms with E-state index in [1.165, 1.54) is 5.56 Å². The van der Waals surface area contributed by atoms with Crippen LogP contribution >= 0.6 is 24.0 Å². The lowest BCUT2D eigenvalue weighted by atomic mass is 10.1. The predicted molar refractivity (Wildman–Crippen MR) is 118 cm³/mol. The number of rotatable bonds is 7. The van der Waals surface area contributed by atoms with E-state index in [1.807, 2.05) is 18.2 Å². The summed E-state index contributed by atoms with van der Waals surface area (Å²) >= 11 is 0. The smallest absolute Gasteiger partial charge is 0.194 e. The molecule has 2 aliphatic heterocycles. The summed E-state index contributed by atoms with van der Waals surface area (Å²) in [6.45, 7) is 8.12. The lowest BCUT2D eigenvalue weighted by molar-refractivity contribution is -0.0817. The number of morpholine rings is 1. The number of hydrogen-bond donors (Lipinski definition) is 1. The van der Waals surface area contributed by atoms with Gasteiger partial charge in [-0.2, -0.15) is 0 Å². The van der Waals surface area contributed by atoms with E-state index in [2.05, 4.69) is 29.3 Å². The van der Waals surface area contributed by atoms with Crippen molar-refractivity contribution in [3.63, 3.8) is 0 Å². The first-order valence-electron chi connectivity index (χ1n) is 9.75. The topological polar surface area (TPSA) is 55.3 Å². The summed E-state index contributed by atoms with van der Waals surface area (Å²) in [7, 11) is 0. The van der Waals surface area contributed by atoms with Gasteiger partial charge in [0.05, 0.1) is 32.5 Å². The summed E-state index contributed by atoms with van der Waals surface area (Å²) in [5.74, 6) is 0.946. The maximum Gasteiger partial charge on any atom is 0.194 e. The molecule has 1 aromatic rings. The number of nitrogens with zero attached hydrogens (tertiary/aromatic N) is 2. The van der Waals surface area contributed by atoms with E-state index >= 15 is 0 Å². The van der Waals surface area contributed by atoms with E-state index < -0.39 is 0 Å². The normalized spacial score (nSPS) is 23.1. The van der Waals surface area contributed by atoms with Gasteiger partial charge in [-0.3, -0.25) is 4.99 Å². The summed E-state index contributed by atoms with van der Waals surface area (Å²) < 4.78 is 17.5. The fraction of sp³-hybridized carbons (Fsp3) is 0.650. The summed E-state index contributed by atoms with van der Waals surface area (Å²) in [6.07, 6.45) is 2.61. The van der Waals surface area contributed by atoms with Crippen LogP contribution in [0, 0.1) is 0 Å². The van der Waals surface area contributed by atoms with Gasteiger partial charge in [0.25, 0.3) is 0 Å². The van der Waals surface area contributed by atoms with Crippen LogP contribution in [-0.4, -0.2) is 69.1 Å². The standard InChI is InChI=1S/C20H31N3O3.HI/c1-2-21-20(22-10-13-24-16-17-7-4-3-5-8-17)23-11-14-26-19(15-23)18-9-6-12-25-18;/h3-5,7-8,18-19H,2,6,9-16H2,1H3,(H,21,22);1H. The average molecular weight is 489 g/mol. The van der Waals surface area contributed by atoms with Gasteiger partial charge in [0.1, 0.15) is 6.10 Å². The molecule has 0 radical (unpaired) electrons. The third-order valence-corrected chi connectivity index (χ3v) is 4.72. The summed E-state index contributed by atoms with van der Waals surface area (Å²) in [4.78, 5) is 7.03. The highest BCUT2D eigenvalue weighted by molar-refractivity contribution is 14.0. The molecule has 0 spiro atoms. The molecule has 2 atom stereocenters. The van der Waals surface area contributed by atoms with Crippen LogP contribution in [0.3, 0.4) is 0 Å². The minimum absolute atomic E-state index is 0. The van der Waals surface area contributed by atoms with E-state index in [-0.39, 0.29) is 36.2 Å². The molecule has 0 aromatic heterocycles. The summed E-state index contributed by atoms with van der Waals surface area (Å²) in [5.41, 5.74) is 1.19. The van der Waals surface area contributed by atoms with Crippen molar-refractivity contribution in [3.8, 4) is 0 Å². The zero-order valence-electron chi connectivity index (χ0n) is 16.1. The Labute approximate surface area is 179 Å². The Morgan fingerprint density at radius 1 is 1.22 bits per heavy atom. The molecule has 2 unspecified atom stereocenters. The molecule has 0 aliphatic carbocycles. The number of hydrogen-bond acceptors (Lipinski definition) is 4. The summed E-state index contributed by atoms with van der Waals surface area (Å²) in [5, 5.41) is 3.40. The van der Waals surface area contributed by atoms with Crippen molar-refractivity contribution in [2.75, 3.05) is 46.0 Å². The van der Waals surface area contributed by atoms with Crippen molar-refractivity contribution in [1.82, 2.24) is 10.2 Å². The molecule has 2 aliphatic rings. The van der Waals surface area contributed by atoms with Gasteiger partial charge < -0.3 is 24.4 Å². The fourth-order valence-corrected chi connectivity index (χ4v) is 3.39. The number of halogens is 1. The maximum atomic E-state index is 5.94. The number of guanidine groups is 1. The second-order valence-electron chi connectivity index (χ2n) is 6.68. The molecule has 0 saturated carbocycles. The van der Waals surface area contributed by atoms with Crippen molar-refractivity contribution in [3.05, 3.63) is 35.9 Å². The van der Waals surface area contributed by atoms with E-state index in [0.717, 1.165) is 51.6 Å². The minimum Gasteiger partial charge on any atom is -0.375 e. The van der Waals surface area contributed by atoms with Gasteiger partial charge in [0, 0.05) is 26.2 Å². The second-order valence-corrected chi connectivity index (χ2v) is 6.68. The molecule has 6 nitrogen and oxygen atoms in total. The van der Waals surface area contributed by atoms with Crippen LogP contribution in [0.1, 0.15) is 25.3 Å². The fourth-order valence-electron chi connectivity index (χ4n) is 3.39. The molecule has 0 amide bonds. The number of aliphatic imine (C=N–C) groups is 1. The van der Waals surface area contributed by atoms with Crippen LogP contribution in [0.25, 0.3) is 0 Å². The average Bonchev–Trinajstić information content (AvgIpc) is 3.23. The third-order valence-electron chi connectivity index (χ3n) is 4.72. The second kappa shape index (κ2) is 12.5. The lowest BCUT2D eigenvalue weighted by Gasteiger charge is -2.37. The third kappa shape index (κ3) is 7.21. The molecule has 3 rings (SSSR count). The number of nitrogens with one attached hydrogen (secondary N) is 1. The molecule has 2 saturated heterocycles. The van der Waals surface area contributed by atoms with Gasteiger partial charge in [-0.1, -0.05) is 30.3 Å². The zero-order chi connectivity index (χ0) is 18.0. The molecule has 1 N–H and O–H groups in total. The highest BCUT2D eigenvalue weighted by atomic mass is 127. The maximum absolute atomic E-state index is 5.94. The van der Waals surface area contributed by atoms with Gasteiger partial charge >= 0.3 is 0 Å². The van der Waals surface area contributed by atoms with Crippen molar-refractivity contribution < 1.29 is 14.2 Å². The Bertz CT molecular complexity index is 553. The van der Waals surface area contributed by atoms with E-state index in [1.54, 1.807) is 0 Å². The number of ether oxygens (including phenoxy) is 3. The molecular formula is C20H32IN3O3. The lowest BCUT2D eigenvalue weighted by Crippen LogP contribution is -2.53. The van der Waals surface area contributed by atoms with Crippen LogP contribution in [0.2, 0.25) is 0 Å². The van der Waals surface area contributed by atoms with Crippen LogP contribution < -0.4 is 5.32 Å². The van der Waals surface area contributed by atoms with Crippen molar-refractivity contribution in [1.29, 1.82) is 0 Å². The highest BCUT2D eigenvalue weighted by Gasteiger charge is 2.32. The van der Waals surface area contributed by atoms with Crippen molar-refractivity contribution in [2.45, 2.75) is 38.6 Å². The largest absolute Gasteiger partial charge is 0.375 e. The first kappa shape index (κ1) is 22.4. The van der Waals surface area contributed by atoms with Crippen molar-refractivity contribution in [2.24, 2.45) is 4.99 Å². The first-order valence-corrected chi connectivity index (χ1v) is 9.75. The molecule has 27 heavy (non-hydrogen) atoms. The van der Waals surface area contributed by atoms with Gasteiger partial charge in [-0.25, -0.2) is 0 Å². The van der Waals surface area contributed by atoms with E-state index in [4.69, 9.17) is 19.2 Å². The Morgan fingerprint density at radius 3 is 2.78 bits per heavy atom. The van der Waals surface area contributed by atoms with Crippen LogP contribution in [0.4, 0.5) is 0 Å². The van der Waals surface area contributed by atoms with Crippen LogP contribution in [0.5, 0.6) is 0 Å². The van der Waals surface area contributed by atoms with Gasteiger partial charge in [0.2, 0.25) is 0 Å². The van der Waals surface area contributed by atoms with Gasteiger partial charge in [-0.05, 0) is 25.3 Å². The minimum atomic E-state index is 0. The molecule has 7 heteroatoms. The number of benzene rings is 1. The SMILES string of the molecule is CCNC(=NCCOCc1ccccc1)N1CCOC(C2CCCO2)C1.I. The molecule has 152 valence electrons. The van der Waals surface area contributed by atoms with Crippen LogP contribution in [-0.2, 0) is 20.8 Å². The highest BCUT2D eigenvalue weighted by Crippen LogP contribution is 2.21. The quantitative estimate of drug-likeness (QED) is 0.276. The monoisotopic (exact) mass is 489 g/mol. The van der Waals surface area contributed by atoms with Crippen molar-refractivity contribution >= 4 is 29.9 Å². The molecule has 0 bridgehead atoms. The van der Waals surface area contributed by atoms with Crippen LogP contribution in [0.15, 0.2) is 35.3 Å². The Morgan fingerprint density at radius 2 is 2.04 bits per heavy atom. The summed E-state index contributed by atoms with van der Waals surface area (Å²) in [6, 6.07) is 10.2. The Balaban J connectivity index is 0.00000261.